The number of benzene rings is 3. The molecule has 13 heteroatoms. The molecule has 6 amide bonds. The number of aromatic hydroxyl groups is 1. The van der Waals surface area contributed by atoms with Crippen molar-refractivity contribution in [3.05, 3.63) is 100 Å². The van der Waals surface area contributed by atoms with Crippen molar-refractivity contribution in [3.63, 3.8) is 0 Å². The molecular weight excluding hydrogens is 631 g/mol. The highest BCUT2D eigenvalue weighted by Crippen LogP contribution is 2.64. The quantitative estimate of drug-likeness (QED) is 0.271. The number of carbonyl (C=O) groups excluding carboxylic acids is 5. The lowest BCUT2D eigenvalue weighted by molar-refractivity contribution is -0.139. The number of carbonyl (C=O) groups is 5. The van der Waals surface area contributed by atoms with E-state index in [9.17, 15) is 28.7 Å². The molecule has 1 saturated carbocycles. The summed E-state index contributed by atoms with van der Waals surface area (Å²) in [6, 6.07) is 15.2. The lowest BCUT2D eigenvalue weighted by Crippen LogP contribution is -2.53. The number of likely N-dealkylation sites (tertiary alicyclic amines) is 1. The van der Waals surface area contributed by atoms with Gasteiger partial charge in [-0.2, -0.15) is 9.91 Å². The number of urea groups is 1. The number of nitrogens with two attached hydrogens (primary N) is 1. The normalized spacial score (nSPS) is 28.1. The number of methoxy groups -OCH3 is 1. The average Bonchev–Trinajstić information content (AvgIpc) is 3.43. The summed E-state index contributed by atoms with van der Waals surface area (Å²) in [7, 11) is 1.39. The van der Waals surface area contributed by atoms with Gasteiger partial charge in [0.2, 0.25) is 11.8 Å². The summed E-state index contributed by atoms with van der Waals surface area (Å²) in [6.07, 6.45) is 1.87. The summed E-state index contributed by atoms with van der Waals surface area (Å²) in [5, 5.41) is 12.2. The zero-order valence-corrected chi connectivity index (χ0v) is 25.6. The lowest BCUT2D eigenvalue weighted by Gasteiger charge is -2.50. The summed E-state index contributed by atoms with van der Waals surface area (Å²) in [6.45, 7) is 0. The van der Waals surface area contributed by atoms with Crippen LogP contribution in [0.2, 0.25) is 5.02 Å². The Hall–Kier alpha value is -5.23. The first kappa shape index (κ1) is 30.4. The van der Waals surface area contributed by atoms with Gasteiger partial charge >= 0.3 is 6.03 Å². The number of phenolic OH excluding ortho intramolecular Hbond substituents is 1. The first-order chi connectivity index (χ1) is 22.5. The number of primary amides is 1. The SMILES string of the molecule is COc1ccc([C@H]2C3=CC[C@@H]4C(=O)N(C(N)=O)C(=O)[C@@H]4[C@@H]3C[C@H]3C(=O)N(Nc4ccc(F)cc4)C(=O)[C@@]23c2ccc(Cl)cc2)cc1O. The van der Waals surface area contributed by atoms with Crippen molar-refractivity contribution >= 4 is 46.9 Å². The fourth-order valence-electron chi connectivity index (χ4n) is 8.13. The number of hydrogen-bond donors (Lipinski definition) is 3. The molecule has 7 rings (SSSR count). The van der Waals surface area contributed by atoms with E-state index in [4.69, 9.17) is 22.1 Å². The molecule has 0 aromatic heterocycles. The van der Waals surface area contributed by atoms with Gasteiger partial charge in [0.15, 0.2) is 11.5 Å². The number of rotatable bonds is 5. The summed E-state index contributed by atoms with van der Waals surface area (Å²) >= 11 is 6.28. The largest absolute Gasteiger partial charge is 0.504 e. The monoisotopic (exact) mass is 658 g/mol. The van der Waals surface area contributed by atoms with Crippen molar-refractivity contribution in [2.75, 3.05) is 12.5 Å². The van der Waals surface area contributed by atoms with Crippen LogP contribution in [0.5, 0.6) is 11.5 Å². The number of amides is 6. The molecule has 3 aromatic rings. The van der Waals surface area contributed by atoms with Crippen molar-refractivity contribution in [1.82, 2.24) is 9.91 Å². The third kappa shape index (κ3) is 4.34. The van der Waals surface area contributed by atoms with Crippen LogP contribution in [-0.4, -0.2) is 51.8 Å². The molecule has 6 atom stereocenters. The van der Waals surface area contributed by atoms with Crippen molar-refractivity contribution in [2.45, 2.75) is 24.2 Å². The van der Waals surface area contributed by atoms with Gasteiger partial charge in [-0.3, -0.25) is 24.6 Å². The molecule has 4 N–H and O–H groups in total. The summed E-state index contributed by atoms with van der Waals surface area (Å²) < 4.78 is 19.0. The highest BCUT2D eigenvalue weighted by Gasteiger charge is 2.70. The van der Waals surface area contributed by atoms with Crippen molar-refractivity contribution < 1.29 is 38.2 Å². The fourth-order valence-corrected chi connectivity index (χ4v) is 8.26. The predicted molar refractivity (Wildman–Crippen MR) is 165 cm³/mol. The first-order valence-corrected chi connectivity index (χ1v) is 15.3. The van der Waals surface area contributed by atoms with E-state index in [1.807, 2.05) is 0 Å². The molecule has 47 heavy (non-hydrogen) atoms. The Kier molecular flexibility index (Phi) is 7.08. The molecule has 0 radical (unpaired) electrons. The van der Waals surface area contributed by atoms with Crippen LogP contribution in [0.4, 0.5) is 14.9 Å². The maximum absolute atomic E-state index is 15.0. The zero-order chi connectivity index (χ0) is 33.4. The number of phenols is 1. The molecule has 3 fully saturated rings. The van der Waals surface area contributed by atoms with E-state index >= 15 is 4.79 Å². The number of allylic oxidation sites excluding steroid dienone is 2. The van der Waals surface area contributed by atoms with Crippen LogP contribution in [0.25, 0.3) is 0 Å². The van der Waals surface area contributed by atoms with Crippen LogP contribution < -0.4 is 15.9 Å². The third-order valence-corrected chi connectivity index (χ3v) is 10.3. The van der Waals surface area contributed by atoms with Crippen LogP contribution in [0.15, 0.2) is 78.4 Å². The van der Waals surface area contributed by atoms with E-state index in [0.29, 0.717) is 26.6 Å². The van der Waals surface area contributed by atoms with Gasteiger partial charge in [0.25, 0.3) is 11.8 Å². The maximum atomic E-state index is 15.0. The van der Waals surface area contributed by atoms with E-state index in [-0.39, 0.29) is 30.0 Å². The van der Waals surface area contributed by atoms with Crippen LogP contribution >= 0.6 is 11.6 Å². The summed E-state index contributed by atoms with van der Waals surface area (Å²) in [5.41, 5.74) is 8.48. The molecule has 0 unspecified atom stereocenters. The first-order valence-electron chi connectivity index (χ1n) is 14.9. The Morgan fingerprint density at radius 2 is 1.70 bits per heavy atom. The number of halogens is 2. The van der Waals surface area contributed by atoms with Crippen LogP contribution in [-0.2, 0) is 24.6 Å². The van der Waals surface area contributed by atoms with Gasteiger partial charge in [-0.05, 0) is 78.4 Å². The number of anilines is 1. The minimum atomic E-state index is -1.63. The van der Waals surface area contributed by atoms with Gasteiger partial charge in [0, 0.05) is 10.9 Å². The van der Waals surface area contributed by atoms with Gasteiger partial charge in [0.05, 0.1) is 36.0 Å². The second-order valence-electron chi connectivity index (χ2n) is 12.2. The Morgan fingerprint density at radius 3 is 2.34 bits per heavy atom. The molecule has 0 bridgehead atoms. The minimum Gasteiger partial charge on any atom is -0.504 e. The van der Waals surface area contributed by atoms with Gasteiger partial charge < -0.3 is 15.6 Å². The number of hydrogen-bond acceptors (Lipinski definition) is 8. The van der Waals surface area contributed by atoms with E-state index < -0.39 is 70.5 Å². The molecule has 11 nitrogen and oxygen atoms in total. The number of imide groups is 4. The number of nitrogens with one attached hydrogen (secondary N) is 1. The van der Waals surface area contributed by atoms with E-state index in [2.05, 4.69) is 5.43 Å². The van der Waals surface area contributed by atoms with E-state index in [1.54, 1.807) is 42.5 Å². The van der Waals surface area contributed by atoms with E-state index in [1.165, 1.54) is 37.4 Å². The molecule has 2 heterocycles. The number of fused-ring (bicyclic) bond motifs is 4. The predicted octanol–water partition coefficient (Wildman–Crippen LogP) is 4.26. The second kappa shape index (κ2) is 10.9. The zero-order valence-electron chi connectivity index (χ0n) is 24.9. The number of ether oxygens (including phenoxy) is 1. The Labute approximate surface area is 272 Å². The maximum Gasteiger partial charge on any atom is 0.328 e. The smallest absolute Gasteiger partial charge is 0.328 e. The molecule has 0 spiro atoms. The molecule has 2 aliphatic carbocycles. The van der Waals surface area contributed by atoms with Crippen LogP contribution in [0.1, 0.15) is 29.9 Å². The molecule has 240 valence electrons. The highest BCUT2D eigenvalue weighted by molar-refractivity contribution is 6.30. The average molecular weight is 659 g/mol. The van der Waals surface area contributed by atoms with Gasteiger partial charge in [-0.25, -0.2) is 9.18 Å². The molecule has 4 aliphatic rings. The second-order valence-corrected chi connectivity index (χ2v) is 12.6. The van der Waals surface area contributed by atoms with Gasteiger partial charge in [-0.1, -0.05) is 41.4 Å². The highest BCUT2D eigenvalue weighted by atomic mass is 35.5. The Bertz CT molecular complexity index is 1900. The molecule has 2 saturated heterocycles. The number of hydrazine groups is 1. The Balaban J connectivity index is 1.47. The molecule has 3 aromatic carbocycles. The van der Waals surface area contributed by atoms with Gasteiger partial charge in [0.1, 0.15) is 5.82 Å². The van der Waals surface area contributed by atoms with Crippen LogP contribution in [0, 0.1) is 29.5 Å². The van der Waals surface area contributed by atoms with Crippen molar-refractivity contribution in [1.29, 1.82) is 0 Å². The standard InChI is InChI=1S/C34H28ClFN4O7/c1-47-26-13-2-16(14-25(26)41)28-21-11-12-22-27(31(44)39(29(22)42)33(37)46)23(21)15-24-30(43)40(38-20-9-7-19(36)8-10-20)32(45)34(24,28)17-3-5-18(35)6-4-17/h2-11,13-14,22-24,27-28,38,41H,12,15H2,1H3,(H2,37,46)/t22-,23+,24-,27-,28-,34+/m0/s1. The molecular formula is C34H28ClFN4O7. The van der Waals surface area contributed by atoms with E-state index in [0.717, 1.165) is 5.01 Å². The van der Waals surface area contributed by atoms with Crippen molar-refractivity contribution in [2.24, 2.45) is 29.4 Å². The molecule has 2 aliphatic heterocycles. The third-order valence-electron chi connectivity index (χ3n) is 10.0. The minimum absolute atomic E-state index is 0.0218. The Morgan fingerprint density at radius 1 is 1.00 bits per heavy atom. The summed E-state index contributed by atoms with van der Waals surface area (Å²) in [5.74, 6) is -7.88. The van der Waals surface area contributed by atoms with Crippen molar-refractivity contribution in [3.8, 4) is 11.5 Å². The van der Waals surface area contributed by atoms with Crippen LogP contribution in [0.3, 0.4) is 0 Å². The lowest BCUT2D eigenvalue weighted by atomic mass is 9.49. The number of nitrogens with zero attached hydrogens (tertiary/aromatic N) is 2. The fraction of sp³-hybridized carbons (Fsp3) is 0.265. The summed E-state index contributed by atoms with van der Waals surface area (Å²) in [4.78, 5) is 69.1. The van der Waals surface area contributed by atoms with Gasteiger partial charge in [-0.15, -0.1) is 0 Å². The topological polar surface area (TPSA) is 159 Å².